The Morgan fingerprint density at radius 2 is 1.67 bits per heavy atom. The van der Waals surface area contributed by atoms with Gasteiger partial charge in [0.05, 0.1) is 0 Å². The van der Waals surface area contributed by atoms with Crippen LogP contribution in [0, 0.1) is 5.92 Å². The molecule has 0 amide bonds. The molecule has 0 saturated carbocycles. The molecule has 2 saturated heterocycles. The second-order valence-electron chi connectivity index (χ2n) is 4.34. The minimum atomic E-state index is 0.667. The first-order valence-electron chi connectivity index (χ1n) is 4.82. The van der Waals surface area contributed by atoms with Crippen LogP contribution in [-0.2, 0) is 4.74 Å². The molecule has 12 heavy (non-hydrogen) atoms. The van der Waals surface area contributed by atoms with E-state index in [1.807, 2.05) is 11.8 Å². The number of ether oxygens (including phenoxy) is 1. The van der Waals surface area contributed by atoms with Gasteiger partial charge in [0.1, 0.15) is 0 Å². The van der Waals surface area contributed by atoms with E-state index >= 15 is 0 Å². The zero-order valence-corrected chi connectivity index (χ0v) is 9.25. The van der Waals surface area contributed by atoms with Crippen molar-refractivity contribution in [2.45, 2.75) is 38.4 Å². The van der Waals surface area contributed by atoms with Crippen LogP contribution >= 0.6 is 11.8 Å². The molecule has 0 aliphatic carbocycles. The number of hydrogen-bond donors (Lipinski definition) is 0. The van der Waals surface area contributed by atoms with Crippen molar-refractivity contribution in [3.8, 4) is 0 Å². The van der Waals surface area contributed by atoms with E-state index in [0.29, 0.717) is 4.75 Å². The molecule has 2 aliphatic heterocycles. The van der Waals surface area contributed by atoms with Crippen LogP contribution in [0.15, 0.2) is 0 Å². The van der Waals surface area contributed by atoms with Gasteiger partial charge in [0, 0.05) is 23.7 Å². The normalized spacial score (nSPS) is 27.2. The summed E-state index contributed by atoms with van der Waals surface area (Å²) in [6, 6.07) is 0. The van der Waals surface area contributed by atoms with E-state index in [2.05, 4.69) is 20.8 Å². The van der Waals surface area contributed by atoms with Crippen molar-refractivity contribution >= 4 is 11.8 Å². The second kappa shape index (κ2) is 4.52. The quantitative estimate of drug-likeness (QED) is 0.541. The fraction of sp³-hybridized carbons (Fsp3) is 1.00. The Hall–Kier alpha value is 0.310. The van der Waals surface area contributed by atoms with Gasteiger partial charge in [0.15, 0.2) is 0 Å². The first kappa shape index (κ1) is 10.4. The van der Waals surface area contributed by atoms with Gasteiger partial charge in [-0.25, -0.2) is 0 Å². The van der Waals surface area contributed by atoms with Crippen LogP contribution in [0.3, 0.4) is 0 Å². The van der Waals surface area contributed by atoms with Gasteiger partial charge >= 0.3 is 0 Å². The lowest BCUT2D eigenvalue weighted by Gasteiger charge is -2.16. The van der Waals surface area contributed by atoms with Crippen LogP contribution in [0.2, 0.25) is 0 Å². The maximum Gasteiger partial charge on any atom is 0.0468 e. The predicted molar refractivity (Wildman–Crippen MR) is 55.8 cm³/mol. The zero-order valence-electron chi connectivity index (χ0n) is 8.43. The molecule has 0 aromatic heterocycles. The number of rotatable bonds is 0. The standard InChI is InChI=1S/C6H12O.C4H8S/c1-6-2-4-7-5-3-6;1-4(2)3-5-4/h6H,2-5H2,1H3;3H2,1-2H3. The van der Waals surface area contributed by atoms with Crippen LogP contribution < -0.4 is 0 Å². The molecular weight excluding hydrogens is 168 g/mol. The number of thioether (sulfide) groups is 1. The zero-order chi connectivity index (χ0) is 9.03. The summed E-state index contributed by atoms with van der Waals surface area (Å²) in [5.74, 6) is 2.28. The highest BCUT2D eigenvalue weighted by Gasteiger charge is 2.31. The maximum absolute atomic E-state index is 5.14. The second-order valence-corrected chi connectivity index (χ2v) is 6.03. The summed E-state index contributed by atoms with van der Waals surface area (Å²) in [6.07, 6.45) is 2.53. The van der Waals surface area contributed by atoms with Crippen LogP contribution in [0.25, 0.3) is 0 Å². The van der Waals surface area contributed by atoms with Crippen molar-refractivity contribution in [1.82, 2.24) is 0 Å². The Balaban J connectivity index is 0.000000127. The molecule has 0 radical (unpaired) electrons. The van der Waals surface area contributed by atoms with Gasteiger partial charge in [-0.3, -0.25) is 0 Å². The molecule has 2 rings (SSSR count). The van der Waals surface area contributed by atoms with Gasteiger partial charge in [-0.2, -0.15) is 11.8 Å². The smallest absolute Gasteiger partial charge is 0.0468 e. The minimum absolute atomic E-state index is 0.667. The first-order chi connectivity index (χ1) is 5.60. The molecular formula is C10H20OS. The lowest BCUT2D eigenvalue weighted by atomic mass is 10.0. The first-order valence-corrected chi connectivity index (χ1v) is 5.80. The predicted octanol–water partition coefficient (Wildman–Crippen LogP) is 2.94. The van der Waals surface area contributed by atoms with E-state index < -0.39 is 0 Å². The third-order valence-corrected chi connectivity index (χ3v) is 3.68. The topological polar surface area (TPSA) is 9.23 Å². The summed E-state index contributed by atoms with van der Waals surface area (Å²) in [5, 5.41) is 0. The molecule has 72 valence electrons. The van der Waals surface area contributed by atoms with Gasteiger partial charge in [-0.1, -0.05) is 6.92 Å². The molecule has 2 heteroatoms. The third kappa shape index (κ3) is 5.04. The third-order valence-electron chi connectivity index (χ3n) is 2.23. The molecule has 0 bridgehead atoms. The maximum atomic E-state index is 5.14. The monoisotopic (exact) mass is 188 g/mol. The van der Waals surface area contributed by atoms with Crippen LogP contribution in [-0.4, -0.2) is 23.7 Å². The molecule has 0 N–H and O–H groups in total. The Bertz CT molecular complexity index is 122. The van der Waals surface area contributed by atoms with Crippen molar-refractivity contribution < 1.29 is 4.74 Å². The largest absolute Gasteiger partial charge is 0.381 e. The molecule has 2 heterocycles. The Labute approximate surface area is 80.3 Å². The van der Waals surface area contributed by atoms with Crippen LogP contribution in [0.1, 0.15) is 33.6 Å². The summed E-state index contributed by atoms with van der Waals surface area (Å²) < 4.78 is 5.81. The lowest BCUT2D eigenvalue weighted by molar-refractivity contribution is 0.0716. The summed E-state index contributed by atoms with van der Waals surface area (Å²) in [4.78, 5) is 0. The minimum Gasteiger partial charge on any atom is -0.381 e. The summed E-state index contributed by atoms with van der Waals surface area (Å²) >= 11 is 2.03. The van der Waals surface area contributed by atoms with Gasteiger partial charge in [-0.15, -0.1) is 0 Å². The fourth-order valence-electron chi connectivity index (χ4n) is 0.960. The fourth-order valence-corrected chi connectivity index (χ4v) is 1.25. The van der Waals surface area contributed by atoms with E-state index in [1.165, 1.54) is 18.6 Å². The van der Waals surface area contributed by atoms with Gasteiger partial charge < -0.3 is 4.74 Å². The van der Waals surface area contributed by atoms with E-state index in [1.54, 1.807) is 0 Å². The summed E-state index contributed by atoms with van der Waals surface area (Å²) in [5.41, 5.74) is 0. The highest BCUT2D eigenvalue weighted by atomic mass is 32.2. The lowest BCUT2D eigenvalue weighted by Crippen LogP contribution is -2.12. The average molecular weight is 188 g/mol. The Morgan fingerprint density at radius 3 is 1.83 bits per heavy atom. The van der Waals surface area contributed by atoms with E-state index in [-0.39, 0.29) is 0 Å². The van der Waals surface area contributed by atoms with E-state index in [9.17, 15) is 0 Å². The number of hydrogen-bond acceptors (Lipinski definition) is 2. The van der Waals surface area contributed by atoms with E-state index in [4.69, 9.17) is 4.74 Å². The highest BCUT2D eigenvalue weighted by molar-refractivity contribution is 8.07. The molecule has 0 aromatic carbocycles. The molecule has 0 unspecified atom stereocenters. The van der Waals surface area contributed by atoms with Crippen molar-refractivity contribution in [3.63, 3.8) is 0 Å². The molecule has 0 spiro atoms. The molecule has 2 aliphatic rings. The molecule has 0 aromatic rings. The highest BCUT2D eigenvalue weighted by Crippen LogP contribution is 2.42. The van der Waals surface area contributed by atoms with E-state index in [0.717, 1.165) is 19.1 Å². The summed E-state index contributed by atoms with van der Waals surface area (Å²) in [6.45, 7) is 8.78. The molecule has 2 fully saturated rings. The van der Waals surface area contributed by atoms with Crippen molar-refractivity contribution in [1.29, 1.82) is 0 Å². The summed E-state index contributed by atoms with van der Waals surface area (Å²) in [7, 11) is 0. The van der Waals surface area contributed by atoms with Crippen molar-refractivity contribution in [3.05, 3.63) is 0 Å². The van der Waals surface area contributed by atoms with Crippen LogP contribution in [0.4, 0.5) is 0 Å². The Morgan fingerprint density at radius 1 is 1.25 bits per heavy atom. The van der Waals surface area contributed by atoms with Gasteiger partial charge in [0.25, 0.3) is 0 Å². The van der Waals surface area contributed by atoms with Crippen LogP contribution in [0.5, 0.6) is 0 Å². The Kier molecular flexibility index (Phi) is 3.91. The van der Waals surface area contributed by atoms with Crippen molar-refractivity contribution in [2.24, 2.45) is 5.92 Å². The molecule has 1 nitrogen and oxygen atoms in total. The van der Waals surface area contributed by atoms with Crippen molar-refractivity contribution in [2.75, 3.05) is 19.0 Å². The molecule has 0 atom stereocenters. The average Bonchev–Trinajstić information content (AvgIpc) is 2.69. The van der Waals surface area contributed by atoms with Gasteiger partial charge in [0.2, 0.25) is 0 Å². The van der Waals surface area contributed by atoms with Gasteiger partial charge in [-0.05, 0) is 32.6 Å². The SMILES string of the molecule is CC1(C)CS1.CC1CCOCC1.